The third kappa shape index (κ3) is 3.17. The van der Waals surface area contributed by atoms with Gasteiger partial charge in [0.25, 0.3) is 0 Å². The van der Waals surface area contributed by atoms with Crippen molar-refractivity contribution in [1.82, 2.24) is 5.32 Å². The summed E-state index contributed by atoms with van der Waals surface area (Å²) < 4.78 is 0. The zero-order chi connectivity index (χ0) is 13.7. The molecule has 4 nitrogen and oxygen atoms in total. The molecule has 0 radical (unpaired) electrons. The number of carbonyl (C=O) groups is 2. The van der Waals surface area contributed by atoms with Gasteiger partial charge < -0.3 is 10.4 Å². The first kappa shape index (κ1) is 13.2. The van der Waals surface area contributed by atoms with Crippen molar-refractivity contribution < 1.29 is 14.7 Å². The van der Waals surface area contributed by atoms with Gasteiger partial charge >= 0.3 is 0 Å². The quantitative estimate of drug-likeness (QED) is 0.630. The Hall–Kier alpha value is -2.20. The lowest BCUT2D eigenvalue weighted by Crippen LogP contribution is -2.28. The third-order valence-electron chi connectivity index (χ3n) is 2.85. The zero-order valence-corrected chi connectivity index (χ0v) is 10.4. The number of ketones is 1. The Morgan fingerprint density at radius 1 is 1.05 bits per heavy atom. The molecule has 0 unspecified atom stereocenters. The number of aliphatic hydroxyl groups is 1. The van der Waals surface area contributed by atoms with Crippen LogP contribution in [0.2, 0.25) is 0 Å². The Bertz CT molecular complexity index is 602. The Morgan fingerprint density at radius 3 is 2.58 bits per heavy atom. The Kier molecular flexibility index (Phi) is 4.26. The van der Waals surface area contributed by atoms with Crippen molar-refractivity contribution in [2.45, 2.75) is 6.42 Å². The summed E-state index contributed by atoms with van der Waals surface area (Å²) in [4.78, 5) is 23.6. The van der Waals surface area contributed by atoms with Crippen LogP contribution in [-0.4, -0.2) is 29.9 Å². The minimum Gasteiger partial charge on any atom is -0.395 e. The second-order valence-corrected chi connectivity index (χ2v) is 4.20. The van der Waals surface area contributed by atoms with Crippen LogP contribution in [0.5, 0.6) is 0 Å². The van der Waals surface area contributed by atoms with Gasteiger partial charge in [0.05, 0.1) is 13.0 Å². The summed E-state index contributed by atoms with van der Waals surface area (Å²) in [5.74, 6) is -0.584. The van der Waals surface area contributed by atoms with Gasteiger partial charge in [0.2, 0.25) is 5.91 Å². The van der Waals surface area contributed by atoms with Crippen molar-refractivity contribution in [1.29, 1.82) is 0 Å². The highest BCUT2D eigenvalue weighted by atomic mass is 16.3. The van der Waals surface area contributed by atoms with Crippen LogP contribution in [0.25, 0.3) is 10.8 Å². The average Bonchev–Trinajstić information content (AvgIpc) is 2.44. The van der Waals surface area contributed by atoms with Crippen molar-refractivity contribution in [2.24, 2.45) is 0 Å². The lowest BCUT2D eigenvalue weighted by Gasteiger charge is -2.06. The monoisotopic (exact) mass is 257 g/mol. The summed E-state index contributed by atoms with van der Waals surface area (Å²) in [6.07, 6.45) is -0.200. The van der Waals surface area contributed by atoms with Gasteiger partial charge in [0, 0.05) is 12.1 Å². The van der Waals surface area contributed by atoms with E-state index in [1.807, 2.05) is 30.3 Å². The number of carbonyl (C=O) groups excluding carboxylic acids is 2. The van der Waals surface area contributed by atoms with Gasteiger partial charge in [-0.2, -0.15) is 0 Å². The first-order valence-corrected chi connectivity index (χ1v) is 6.11. The van der Waals surface area contributed by atoms with Crippen LogP contribution in [0, 0.1) is 0 Å². The van der Waals surface area contributed by atoms with E-state index in [1.54, 1.807) is 12.1 Å². The standard InChI is InChI=1S/C15H15NO3/c17-9-8-16-15(19)10-14(18)13-7-3-5-11-4-1-2-6-12(11)13/h1-7,17H,8-10H2,(H,16,19). The molecule has 2 aromatic carbocycles. The molecule has 0 bridgehead atoms. The highest BCUT2D eigenvalue weighted by Gasteiger charge is 2.13. The molecule has 98 valence electrons. The van der Waals surface area contributed by atoms with E-state index in [0.29, 0.717) is 5.56 Å². The molecule has 0 saturated heterocycles. The maximum atomic E-state index is 12.1. The van der Waals surface area contributed by atoms with Crippen molar-refractivity contribution in [3.05, 3.63) is 48.0 Å². The normalized spacial score (nSPS) is 10.4. The van der Waals surface area contributed by atoms with Gasteiger partial charge in [0.1, 0.15) is 0 Å². The lowest BCUT2D eigenvalue weighted by molar-refractivity contribution is -0.120. The number of nitrogens with one attached hydrogen (secondary N) is 1. The SMILES string of the molecule is O=C(CC(=O)c1cccc2ccccc12)NCCO. The molecule has 2 aromatic rings. The minimum atomic E-state index is -0.369. The number of Topliss-reactive ketones (excluding diaryl/α,β-unsaturated/α-hetero) is 1. The summed E-state index contributed by atoms with van der Waals surface area (Å²) in [7, 11) is 0. The number of benzene rings is 2. The van der Waals surface area contributed by atoms with Crippen LogP contribution in [0.15, 0.2) is 42.5 Å². The molecule has 0 aliphatic heterocycles. The molecule has 0 saturated carbocycles. The molecule has 0 spiro atoms. The van der Waals surface area contributed by atoms with Crippen molar-refractivity contribution in [3.63, 3.8) is 0 Å². The molecule has 4 heteroatoms. The molecule has 0 heterocycles. The Balaban J connectivity index is 2.20. The topological polar surface area (TPSA) is 66.4 Å². The highest BCUT2D eigenvalue weighted by molar-refractivity contribution is 6.14. The zero-order valence-electron chi connectivity index (χ0n) is 10.4. The number of fused-ring (bicyclic) bond motifs is 1. The van der Waals surface area contributed by atoms with Crippen LogP contribution in [0.4, 0.5) is 0 Å². The van der Waals surface area contributed by atoms with Crippen LogP contribution in [-0.2, 0) is 4.79 Å². The molecule has 0 aliphatic rings. The van der Waals surface area contributed by atoms with Gasteiger partial charge in [-0.05, 0) is 10.8 Å². The van der Waals surface area contributed by atoms with Gasteiger partial charge in [-0.3, -0.25) is 9.59 Å². The van der Waals surface area contributed by atoms with E-state index in [0.717, 1.165) is 10.8 Å². The van der Waals surface area contributed by atoms with E-state index in [9.17, 15) is 9.59 Å². The van der Waals surface area contributed by atoms with Crippen LogP contribution in [0.1, 0.15) is 16.8 Å². The number of rotatable bonds is 5. The lowest BCUT2D eigenvalue weighted by atomic mass is 10.00. The van der Waals surface area contributed by atoms with E-state index >= 15 is 0 Å². The molecule has 2 N–H and O–H groups in total. The van der Waals surface area contributed by atoms with E-state index in [-0.39, 0.29) is 31.3 Å². The summed E-state index contributed by atoms with van der Waals surface area (Å²) in [5.41, 5.74) is 0.553. The van der Waals surface area contributed by atoms with Crippen LogP contribution >= 0.6 is 0 Å². The molecular weight excluding hydrogens is 242 g/mol. The summed E-state index contributed by atoms with van der Waals surface area (Å²) in [5, 5.41) is 12.9. The first-order chi connectivity index (χ1) is 9.22. The number of hydrogen-bond donors (Lipinski definition) is 2. The first-order valence-electron chi connectivity index (χ1n) is 6.11. The maximum absolute atomic E-state index is 12.1. The number of hydrogen-bond acceptors (Lipinski definition) is 3. The number of amides is 1. The summed E-state index contributed by atoms with van der Waals surface area (Å²) >= 11 is 0. The van der Waals surface area contributed by atoms with Crippen molar-refractivity contribution >= 4 is 22.5 Å². The fraction of sp³-hybridized carbons (Fsp3) is 0.200. The highest BCUT2D eigenvalue weighted by Crippen LogP contribution is 2.19. The maximum Gasteiger partial charge on any atom is 0.227 e. The predicted molar refractivity (Wildman–Crippen MR) is 73.0 cm³/mol. The second-order valence-electron chi connectivity index (χ2n) is 4.20. The molecule has 19 heavy (non-hydrogen) atoms. The van der Waals surface area contributed by atoms with Gasteiger partial charge in [-0.25, -0.2) is 0 Å². The van der Waals surface area contributed by atoms with Gasteiger partial charge in [-0.15, -0.1) is 0 Å². The Morgan fingerprint density at radius 2 is 1.79 bits per heavy atom. The second kappa shape index (κ2) is 6.11. The summed E-state index contributed by atoms with van der Waals surface area (Å²) in [6, 6.07) is 13.0. The van der Waals surface area contributed by atoms with Crippen molar-refractivity contribution in [3.8, 4) is 0 Å². The fourth-order valence-electron chi connectivity index (χ4n) is 1.97. The molecular formula is C15H15NO3. The third-order valence-corrected chi connectivity index (χ3v) is 2.85. The Labute approximate surface area is 111 Å². The average molecular weight is 257 g/mol. The van der Waals surface area contributed by atoms with E-state index in [1.165, 1.54) is 0 Å². The largest absolute Gasteiger partial charge is 0.395 e. The van der Waals surface area contributed by atoms with Gasteiger partial charge in [0.15, 0.2) is 5.78 Å². The van der Waals surface area contributed by atoms with Gasteiger partial charge in [-0.1, -0.05) is 42.5 Å². The van der Waals surface area contributed by atoms with Crippen LogP contribution < -0.4 is 5.32 Å². The van der Waals surface area contributed by atoms with Crippen LogP contribution in [0.3, 0.4) is 0 Å². The van der Waals surface area contributed by atoms with E-state index in [2.05, 4.69) is 5.32 Å². The fourth-order valence-corrected chi connectivity index (χ4v) is 1.97. The molecule has 0 fully saturated rings. The molecule has 1 amide bonds. The predicted octanol–water partition coefficient (Wildman–Crippen LogP) is 1.52. The molecule has 2 rings (SSSR count). The van der Waals surface area contributed by atoms with Crippen molar-refractivity contribution in [2.75, 3.05) is 13.2 Å². The summed E-state index contributed by atoms with van der Waals surface area (Å²) in [6.45, 7) is 0.0375. The minimum absolute atomic E-state index is 0.131. The van der Waals surface area contributed by atoms with E-state index < -0.39 is 0 Å². The number of aliphatic hydroxyl groups excluding tert-OH is 1. The van der Waals surface area contributed by atoms with E-state index in [4.69, 9.17) is 5.11 Å². The molecule has 0 atom stereocenters. The molecule has 0 aliphatic carbocycles. The molecule has 0 aromatic heterocycles. The smallest absolute Gasteiger partial charge is 0.227 e.